The van der Waals surface area contributed by atoms with E-state index < -0.39 is 5.92 Å². The molecule has 1 saturated carbocycles. The standard InChI is InChI=1S/C25H29ClF2N2O2/c1-16(29-17(2)31)18-6-8-20(9-7-18)32-21-11-13-30(15-21)23-5-3-4-22(24(23)26)19-10-12-25(27,28)14-19/h3-9,16,19,21H,10-15H2,1-2H3,(H,29,31)/t16-,19?,21+/m0/s1. The smallest absolute Gasteiger partial charge is 0.248 e. The van der Waals surface area contributed by atoms with Crippen LogP contribution in [-0.4, -0.2) is 31.0 Å². The SMILES string of the molecule is CC(=O)N[C@@H](C)c1ccc(O[C@@H]2CCN(c3cccc(C4CCC(F)(F)C4)c3Cl)C2)cc1. The van der Waals surface area contributed by atoms with Crippen molar-refractivity contribution < 1.29 is 18.3 Å². The van der Waals surface area contributed by atoms with Crippen molar-refractivity contribution in [1.29, 1.82) is 0 Å². The van der Waals surface area contributed by atoms with Gasteiger partial charge in [0.05, 0.1) is 23.3 Å². The molecule has 0 aromatic heterocycles. The molecule has 1 aliphatic carbocycles. The van der Waals surface area contributed by atoms with Crippen LogP contribution in [0.3, 0.4) is 0 Å². The van der Waals surface area contributed by atoms with E-state index in [0.717, 1.165) is 35.5 Å². The van der Waals surface area contributed by atoms with Gasteiger partial charge in [0.2, 0.25) is 11.8 Å². The predicted octanol–water partition coefficient (Wildman–Crippen LogP) is 6.10. The van der Waals surface area contributed by atoms with Crippen molar-refractivity contribution in [2.24, 2.45) is 0 Å². The average Bonchev–Trinajstić information content (AvgIpc) is 3.34. The number of ether oxygens (including phenoxy) is 1. The third-order valence-electron chi connectivity index (χ3n) is 6.44. The van der Waals surface area contributed by atoms with E-state index in [-0.39, 0.29) is 36.8 Å². The van der Waals surface area contributed by atoms with Gasteiger partial charge >= 0.3 is 0 Å². The number of nitrogens with one attached hydrogen (secondary N) is 1. The lowest BCUT2D eigenvalue weighted by molar-refractivity contribution is -0.119. The van der Waals surface area contributed by atoms with Crippen LogP contribution in [0.2, 0.25) is 5.02 Å². The van der Waals surface area contributed by atoms with E-state index in [1.54, 1.807) is 0 Å². The first-order valence-corrected chi connectivity index (χ1v) is 11.5. The van der Waals surface area contributed by atoms with Crippen LogP contribution in [0.1, 0.15) is 62.6 Å². The maximum absolute atomic E-state index is 13.7. The van der Waals surface area contributed by atoms with Crippen molar-refractivity contribution in [2.45, 2.75) is 63.5 Å². The van der Waals surface area contributed by atoms with Gasteiger partial charge in [-0.05, 0) is 48.6 Å². The average molecular weight is 463 g/mol. The molecular weight excluding hydrogens is 434 g/mol. The quantitative estimate of drug-likeness (QED) is 0.564. The van der Waals surface area contributed by atoms with Crippen LogP contribution < -0.4 is 15.0 Å². The first-order valence-electron chi connectivity index (χ1n) is 11.2. The molecule has 1 unspecified atom stereocenters. The van der Waals surface area contributed by atoms with E-state index >= 15 is 0 Å². The Kier molecular flexibility index (Phi) is 6.61. The Bertz CT molecular complexity index is 967. The maximum Gasteiger partial charge on any atom is 0.248 e. The summed E-state index contributed by atoms with van der Waals surface area (Å²) >= 11 is 6.70. The molecule has 2 aromatic carbocycles. The lowest BCUT2D eigenvalue weighted by Crippen LogP contribution is -2.25. The number of rotatable bonds is 6. The number of carbonyl (C=O) groups is 1. The molecule has 4 rings (SSSR count). The zero-order valence-electron chi connectivity index (χ0n) is 18.4. The van der Waals surface area contributed by atoms with Crippen molar-refractivity contribution in [2.75, 3.05) is 18.0 Å². The molecule has 32 heavy (non-hydrogen) atoms. The summed E-state index contributed by atoms with van der Waals surface area (Å²) in [6.45, 7) is 4.93. The number of nitrogens with zero attached hydrogens (tertiary/aromatic N) is 1. The van der Waals surface area contributed by atoms with Gasteiger partial charge in [0.25, 0.3) is 0 Å². The molecule has 172 valence electrons. The summed E-state index contributed by atoms with van der Waals surface area (Å²) in [6.07, 6.45) is 1.15. The van der Waals surface area contributed by atoms with E-state index in [0.29, 0.717) is 18.0 Å². The van der Waals surface area contributed by atoms with Crippen LogP contribution >= 0.6 is 11.6 Å². The van der Waals surface area contributed by atoms with Crippen molar-refractivity contribution >= 4 is 23.2 Å². The Morgan fingerprint density at radius 3 is 2.62 bits per heavy atom. The first kappa shape index (κ1) is 22.8. The molecule has 1 saturated heterocycles. The summed E-state index contributed by atoms with van der Waals surface area (Å²) in [4.78, 5) is 13.4. The molecule has 2 aliphatic rings. The van der Waals surface area contributed by atoms with Gasteiger partial charge in [-0.3, -0.25) is 4.79 Å². The Labute approximate surface area is 192 Å². The molecule has 3 atom stereocenters. The fourth-order valence-electron chi connectivity index (χ4n) is 4.77. The molecule has 1 aliphatic heterocycles. The molecule has 1 heterocycles. The molecule has 2 aromatic rings. The minimum absolute atomic E-state index is 0.0177. The number of anilines is 1. The fourth-order valence-corrected chi connectivity index (χ4v) is 5.17. The number of benzene rings is 2. The Balaban J connectivity index is 1.39. The van der Waals surface area contributed by atoms with E-state index in [1.807, 2.05) is 49.4 Å². The highest BCUT2D eigenvalue weighted by Crippen LogP contribution is 2.47. The zero-order chi connectivity index (χ0) is 22.9. The second-order valence-electron chi connectivity index (χ2n) is 8.94. The Hall–Kier alpha value is -2.34. The Morgan fingerprint density at radius 1 is 1.22 bits per heavy atom. The zero-order valence-corrected chi connectivity index (χ0v) is 19.2. The third-order valence-corrected chi connectivity index (χ3v) is 6.85. The van der Waals surface area contributed by atoms with E-state index in [9.17, 15) is 13.6 Å². The highest BCUT2D eigenvalue weighted by atomic mass is 35.5. The lowest BCUT2D eigenvalue weighted by Gasteiger charge is -2.23. The van der Waals surface area contributed by atoms with Crippen molar-refractivity contribution in [3.05, 3.63) is 58.6 Å². The normalized spacial score (nSPS) is 23.2. The van der Waals surface area contributed by atoms with Gasteiger partial charge in [0, 0.05) is 32.7 Å². The topological polar surface area (TPSA) is 41.6 Å². The largest absolute Gasteiger partial charge is 0.489 e. The number of hydrogen-bond acceptors (Lipinski definition) is 3. The summed E-state index contributed by atoms with van der Waals surface area (Å²) in [5.41, 5.74) is 2.74. The van der Waals surface area contributed by atoms with Crippen LogP contribution in [0.25, 0.3) is 0 Å². The fraction of sp³-hybridized carbons (Fsp3) is 0.480. The van der Waals surface area contributed by atoms with Crippen molar-refractivity contribution in [1.82, 2.24) is 5.32 Å². The van der Waals surface area contributed by atoms with Crippen LogP contribution in [0.15, 0.2) is 42.5 Å². The molecule has 1 N–H and O–H groups in total. The van der Waals surface area contributed by atoms with Gasteiger partial charge in [0.1, 0.15) is 11.9 Å². The minimum Gasteiger partial charge on any atom is -0.489 e. The van der Waals surface area contributed by atoms with E-state index in [4.69, 9.17) is 16.3 Å². The summed E-state index contributed by atoms with van der Waals surface area (Å²) in [5, 5.41) is 3.46. The molecule has 1 amide bonds. The van der Waals surface area contributed by atoms with E-state index in [1.165, 1.54) is 6.92 Å². The van der Waals surface area contributed by atoms with Gasteiger partial charge in [-0.25, -0.2) is 8.78 Å². The molecule has 0 bridgehead atoms. The Morgan fingerprint density at radius 2 is 1.97 bits per heavy atom. The van der Waals surface area contributed by atoms with Gasteiger partial charge < -0.3 is 15.0 Å². The van der Waals surface area contributed by atoms with Crippen molar-refractivity contribution in [3.8, 4) is 5.75 Å². The van der Waals surface area contributed by atoms with Crippen LogP contribution in [-0.2, 0) is 4.79 Å². The molecular formula is C25H29ClF2N2O2. The van der Waals surface area contributed by atoms with Gasteiger partial charge in [-0.15, -0.1) is 0 Å². The molecule has 0 radical (unpaired) electrons. The lowest BCUT2D eigenvalue weighted by atomic mass is 9.96. The minimum atomic E-state index is -2.59. The first-order chi connectivity index (χ1) is 15.2. The monoisotopic (exact) mass is 462 g/mol. The third kappa shape index (κ3) is 5.17. The summed E-state index contributed by atoms with van der Waals surface area (Å²) in [5.74, 6) is -2.06. The molecule has 4 nitrogen and oxygen atoms in total. The predicted molar refractivity (Wildman–Crippen MR) is 123 cm³/mol. The van der Waals surface area contributed by atoms with Crippen LogP contribution in [0.4, 0.5) is 14.5 Å². The van der Waals surface area contributed by atoms with E-state index in [2.05, 4.69) is 10.2 Å². The second-order valence-corrected chi connectivity index (χ2v) is 9.32. The summed E-state index contributed by atoms with van der Waals surface area (Å²) < 4.78 is 33.6. The van der Waals surface area contributed by atoms with Gasteiger partial charge in [-0.1, -0.05) is 35.9 Å². The number of carbonyl (C=O) groups excluding carboxylic acids is 1. The number of alkyl halides is 2. The summed E-state index contributed by atoms with van der Waals surface area (Å²) in [7, 11) is 0. The van der Waals surface area contributed by atoms with Crippen LogP contribution in [0.5, 0.6) is 5.75 Å². The van der Waals surface area contributed by atoms with Gasteiger partial charge in [-0.2, -0.15) is 0 Å². The number of amides is 1. The number of hydrogen-bond donors (Lipinski definition) is 1. The number of halogens is 3. The molecule has 2 fully saturated rings. The maximum atomic E-state index is 13.7. The second kappa shape index (κ2) is 9.26. The van der Waals surface area contributed by atoms with Crippen molar-refractivity contribution in [3.63, 3.8) is 0 Å². The summed E-state index contributed by atoms with van der Waals surface area (Å²) in [6, 6.07) is 13.5. The highest BCUT2D eigenvalue weighted by Gasteiger charge is 2.41. The van der Waals surface area contributed by atoms with Gasteiger partial charge in [0.15, 0.2) is 0 Å². The molecule has 7 heteroatoms. The molecule has 0 spiro atoms. The van der Waals surface area contributed by atoms with Crippen LogP contribution in [0, 0.1) is 0 Å². The highest BCUT2D eigenvalue weighted by molar-refractivity contribution is 6.34.